The fraction of sp³-hybridized carbons (Fsp3) is 0.375. The Labute approximate surface area is 165 Å². The zero-order chi connectivity index (χ0) is 19.0. The number of carbonyl (C=O) groups excluding carboxylic acids is 1. The molecule has 1 amide bonds. The van der Waals surface area contributed by atoms with E-state index < -0.39 is 0 Å². The highest BCUT2D eigenvalue weighted by atomic mass is 16.1. The number of para-hydroxylation sites is 1. The van der Waals surface area contributed by atoms with Gasteiger partial charge < -0.3 is 5.32 Å². The van der Waals surface area contributed by atoms with Gasteiger partial charge in [0, 0.05) is 35.6 Å². The van der Waals surface area contributed by atoms with Crippen LogP contribution in [0.2, 0.25) is 0 Å². The standard InChI is InChI=1S/C24H25N3O/c28-23(18-7-12-25-13-8-18)27-19-15-24(16-19)10-5-17(6-11-24)20-9-14-26-22-4-2-1-3-21(20)22/h1-4,7-9,12-14,17,19H,5-6,10-11,15-16H2,(H,27,28). The first-order valence-corrected chi connectivity index (χ1v) is 10.3. The van der Waals surface area contributed by atoms with Crippen molar-refractivity contribution in [3.05, 3.63) is 72.2 Å². The fourth-order valence-electron chi connectivity index (χ4n) is 5.28. The van der Waals surface area contributed by atoms with E-state index in [-0.39, 0.29) is 5.91 Å². The Morgan fingerprint density at radius 3 is 2.50 bits per heavy atom. The normalized spacial score (nSPS) is 26.7. The van der Waals surface area contributed by atoms with Crippen LogP contribution >= 0.6 is 0 Å². The third kappa shape index (κ3) is 3.17. The number of benzene rings is 1. The number of hydrogen-bond acceptors (Lipinski definition) is 3. The van der Waals surface area contributed by atoms with E-state index in [4.69, 9.17) is 0 Å². The molecule has 0 bridgehead atoms. The first-order valence-electron chi connectivity index (χ1n) is 10.3. The first-order chi connectivity index (χ1) is 13.7. The molecular weight excluding hydrogens is 346 g/mol. The van der Waals surface area contributed by atoms with Gasteiger partial charge >= 0.3 is 0 Å². The lowest BCUT2D eigenvalue weighted by Crippen LogP contribution is -2.51. The molecule has 2 aliphatic rings. The summed E-state index contributed by atoms with van der Waals surface area (Å²) in [5, 5.41) is 4.50. The molecule has 4 heteroatoms. The fourth-order valence-corrected chi connectivity index (χ4v) is 5.28. The molecule has 5 rings (SSSR count). The van der Waals surface area contributed by atoms with Crippen LogP contribution in [0, 0.1) is 5.41 Å². The number of nitrogens with one attached hydrogen (secondary N) is 1. The summed E-state index contributed by atoms with van der Waals surface area (Å²) < 4.78 is 0. The summed E-state index contributed by atoms with van der Waals surface area (Å²) in [6, 6.07) is 14.6. The molecule has 1 N–H and O–H groups in total. The van der Waals surface area contributed by atoms with Crippen LogP contribution in [-0.4, -0.2) is 21.9 Å². The van der Waals surface area contributed by atoms with Crippen molar-refractivity contribution in [1.82, 2.24) is 15.3 Å². The zero-order valence-electron chi connectivity index (χ0n) is 16.0. The van der Waals surface area contributed by atoms with Gasteiger partial charge in [-0.15, -0.1) is 0 Å². The second kappa shape index (κ2) is 7.01. The van der Waals surface area contributed by atoms with Crippen LogP contribution in [0.3, 0.4) is 0 Å². The van der Waals surface area contributed by atoms with E-state index in [1.165, 1.54) is 36.6 Å². The predicted octanol–water partition coefficient (Wildman–Crippen LogP) is 4.87. The summed E-state index contributed by atoms with van der Waals surface area (Å²) in [4.78, 5) is 20.8. The smallest absolute Gasteiger partial charge is 0.251 e. The van der Waals surface area contributed by atoms with E-state index in [1.54, 1.807) is 24.5 Å². The predicted molar refractivity (Wildman–Crippen MR) is 110 cm³/mol. The van der Waals surface area contributed by atoms with E-state index >= 15 is 0 Å². The molecule has 0 atom stereocenters. The van der Waals surface area contributed by atoms with E-state index in [1.807, 2.05) is 6.20 Å². The van der Waals surface area contributed by atoms with Crippen molar-refractivity contribution in [3.63, 3.8) is 0 Å². The highest BCUT2D eigenvalue weighted by Crippen LogP contribution is 2.54. The summed E-state index contributed by atoms with van der Waals surface area (Å²) in [6.45, 7) is 0. The first kappa shape index (κ1) is 17.4. The molecule has 0 saturated heterocycles. The van der Waals surface area contributed by atoms with Crippen molar-refractivity contribution in [1.29, 1.82) is 0 Å². The Morgan fingerprint density at radius 1 is 0.964 bits per heavy atom. The van der Waals surface area contributed by atoms with Crippen molar-refractivity contribution < 1.29 is 4.79 Å². The molecule has 3 aromatic rings. The van der Waals surface area contributed by atoms with E-state index in [0.717, 1.165) is 18.4 Å². The van der Waals surface area contributed by atoms with E-state index in [2.05, 4.69) is 45.6 Å². The second-order valence-electron chi connectivity index (χ2n) is 8.51. The Balaban J connectivity index is 1.20. The average molecular weight is 371 g/mol. The van der Waals surface area contributed by atoms with Crippen molar-refractivity contribution in [2.24, 2.45) is 5.41 Å². The summed E-state index contributed by atoms with van der Waals surface area (Å²) in [6.07, 6.45) is 12.5. The van der Waals surface area contributed by atoms with Crippen LogP contribution in [0.15, 0.2) is 61.1 Å². The molecular formula is C24H25N3O. The highest BCUT2D eigenvalue weighted by molar-refractivity contribution is 5.94. The number of rotatable bonds is 3. The maximum atomic E-state index is 12.3. The van der Waals surface area contributed by atoms with Gasteiger partial charge in [-0.25, -0.2) is 0 Å². The molecule has 28 heavy (non-hydrogen) atoms. The zero-order valence-corrected chi connectivity index (χ0v) is 16.0. The molecule has 2 aromatic heterocycles. The molecule has 0 unspecified atom stereocenters. The largest absolute Gasteiger partial charge is 0.349 e. The molecule has 2 heterocycles. The number of carbonyl (C=O) groups is 1. The van der Waals surface area contributed by atoms with Gasteiger partial charge in [0.2, 0.25) is 0 Å². The van der Waals surface area contributed by atoms with Crippen LogP contribution in [-0.2, 0) is 0 Å². The van der Waals surface area contributed by atoms with E-state index in [0.29, 0.717) is 22.9 Å². The second-order valence-corrected chi connectivity index (χ2v) is 8.51. The van der Waals surface area contributed by atoms with Gasteiger partial charge in [0.15, 0.2) is 0 Å². The van der Waals surface area contributed by atoms with Gasteiger partial charge in [-0.1, -0.05) is 18.2 Å². The summed E-state index contributed by atoms with van der Waals surface area (Å²) in [5.41, 5.74) is 3.70. The van der Waals surface area contributed by atoms with Crippen LogP contribution in [0.25, 0.3) is 10.9 Å². The van der Waals surface area contributed by atoms with Crippen LogP contribution < -0.4 is 5.32 Å². The van der Waals surface area contributed by atoms with Gasteiger partial charge in [0.25, 0.3) is 5.91 Å². The molecule has 142 valence electrons. The van der Waals surface area contributed by atoms with Gasteiger partial charge in [0.1, 0.15) is 0 Å². The number of pyridine rings is 2. The van der Waals surface area contributed by atoms with Crippen LogP contribution in [0.1, 0.15) is 60.4 Å². The van der Waals surface area contributed by atoms with Crippen molar-refractivity contribution >= 4 is 16.8 Å². The molecule has 2 saturated carbocycles. The summed E-state index contributed by atoms with van der Waals surface area (Å²) in [7, 11) is 0. The molecule has 1 spiro atoms. The summed E-state index contributed by atoms with van der Waals surface area (Å²) >= 11 is 0. The number of amides is 1. The average Bonchev–Trinajstić information content (AvgIpc) is 2.73. The van der Waals surface area contributed by atoms with Crippen LogP contribution in [0.5, 0.6) is 0 Å². The maximum absolute atomic E-state index is 12.3. The SMILES string of the molecule is O=C(NC1CC2(CCC(c3ccnc4ccccc34)CC2)C1)c1ccncc1. The molecule has 4 nitrogen and oxygen atoms in total. The van der Waals surface area contributed by atoms with Crippen molar-refractivity contribution in [3.8, 4) is 0 Å². The Bertz CT molecular complexity index is 980. The van der Waals surface area contributed by atoms with Gasteiger partial charge in [-0.05, 0) is 79.7 Å². The third-order valence-electron chi connectivity index (χ3n) is 6.81. The highest BCUT2D eigenvalue weighted by Gasteiger charge is 2.46. The Hall–Kier alpha value is -2.75. The van der Waals surface area contributed by atoms with Crippen LogP contribution in [0.4, 0.5) is 0 Å². The van der Waals surface area contributed by atoms with Crippen molar-refractivity contribution in [2.45, 2.75) is 50.5 Å². The van der Waals surface area contributed by atoms with Crippen molar-refractivity contribution in [2.75, 3.05) is 0 Å². The molecule has 2 aliphatic carbocycles. The number of aromatic nitrogens is 2. The van der Waals surface area contributed by atoms with Gasteiger partial charge in [-0.2, -0.15) is 0 Å². The Morgan fingerprint density at radius 2 is 1.71 bits per heavy atom. The molecule has 2 fully saturated rings. The molecule has 0 aliphatic heterocycles. The summed E-state index contributed by atoms with van der Waals surface area (Å²) in [5.74, 6) is 0.656. The maximum Gasteiger partial charge on any atom is 0.251 e. The van der Waals surface area contributed by atoms with Gasteiger partial charge in [-0.3, -0.25) is 14.8 Å². The minimum Gasteiger partial charge on any atom is -0.349 e. The third-order valence-corrected chi connectivity index (χ3v) is 6.81. The molecule has 1 aromatic carbocycles. The quantitative estimate of drug-likeness (QED) is 0.715. The van der Waals surface area contributed by atoms with Gasteiger partial charge in [0.05, 0.1) is 5.52 Å². The van der Waals surface area contributed by atoms with E-state index in [9.17, 15) is 4.79 Å². The number of nitrogens with zero attached hydrogens (tertiary/aromatic N) is 2. The lowest BCUT2D eigenvalue weighted by molar-refractivity contribution is 0.0311. The Kier molecular flexibility index (Phi) is 4.34. The minimum atomic E-state index is 0.0270. The number of fused-ring (bicyclic) bond motifs is 1. The monoisotopic (exact) mass is 371 g/mol. The number of hydrogen-bond donors (Lipinski definition) is 1. The minimum absolute atomic E-state index is 0.0270. The lowest BCUT2D eigenvalue weighted by Gasteiger charge is -2.52. The topological polar surface area (TPSA) is 54.9 Å². The lowest BCUT2D eigenvalue weighted by atomic mass is 9.56. The molecule has 0 radical (unpaired) electrons.